The minimum Gasteiger partial charge on any atom is -0.384 e. The second-order valence-corrected chi connectivity index (χ2v) is 10.5. The first-order valence-electron chi connectivity index (χ1n) is 13.3. The van der Waals surface area contributed by atoms with E-state index in [1.165, 1.54) is 57.6 Å². The fourth-order valence-electron chi connectivity index (χ4n) is 4.63. The summed E-state index contributed by atoms with van der Waals surface area (Å²) in [6, 6.07) is 33.5. The number of nitriles is 1. The lowest BCUT2D eigenvalue weighted by Crippen LogP contribution is -2.14. The van der Waals surface area contributed by atoms with Crippen LogP contribution in [-0.4, -0.2) is 18.1 Å². The predicted octanol–water partition coefficient (Wildman–Crippen LogP) is 8.26. The molecular weight excluding hydrogens is 484 g/mol. The smallest absolute Gasteiger partial charge is 0.0991 e. The first-order chi connectivity index (χ1) is 18.8. The Morgan fingerprint density at radius 1 is 0.737 bits per heavy atom. The van der Waals surface area contributed by atoms with Crippen LogP contribution in [0, 0.1) is 11.3 Å². The van der Waals surface area contributed by atoms with Crippen molar-refractivity contribution in [3.63, 3.8) is 0 Å². The van der Waals surface area contributed by atoms with E-state index in [1.54, 1.807) is 11.3 Å². The summed E-state index contributed by atoms with van der Waals surface area (Å²) < 4.78 is 0. The Balaban J connectivity index is 1.01. The largest absolute Gasteiger partial charge is 0.384 e. The molecule has 0 spiro atoms. The van der Waals surface area contributed by atoms with Gasteiger partial charge in [-0.3, -0.25) is 4.98 Å². The number of benzene rings is 3. The molecule has 0 saturated carbocycles. The van der Waals surface area contributed by atoms with Gasteiger partial charge in [-0.25, -0.2) is 0 Å². The zero-order chi connectivity index (χ0) is 26.0. The third-order valence-electron chi connectivity index (χ3n) is 6.69. The Morgan fingerprint density at radius 3 is 2.37 bits per heavy atom. The van der Waals surface area contributed by atoms with E-state index in [0.717, 1.165) is 30.7 Å². The topological polar surface area (TPSA) is 60.7 Å². The van der Waals surface area contributed by atoms with Crippen molar-refractivity contribution in [1.82, 2.24) is 10.3 Å². The zero-order valence-electron chi connectivity index (χ0n) is 21.5. The fourth-order valence-corrected chi connectivity index (χ4v) is 5.63. The van der Waals surface area contributed by atoms with Gasteiger partial charge in [0.1, 0.15) is 0 Å². The summed E-state index contributed by atoms with van der Waals surface area (Å²) in [5.41, 5.74) is 6.62. The molecule has 0 saturated heterocycles. The Morgan fingerprint density at radius 2 is 1.53 bits per heavy atom. The molecule has 2 heterocycles. The number of pyridine rings is 1. The van der Waals surface area contributed by atoms with Crippen LogP contribution in [0.15, 0.2) is 97.2 Å². The highest BCUT2D eigenvalue weighted by Gasteiger charge is 2.06. The Kier molecular flexibility index (Phi) is 8.78. The van der Waals surface area contributed by atoms with Crippen molar-refractivity contribution in [2.75, 3.05) is 18.4 Å². The quantitative estimate of drug-likeness (QED) is 0.164. The molecule has 3 aromatic carbocycles. The highest BCUT2D eigenvalue weighted by Crippen LogP contribution is 2.34. The number of hydrogen-bond acceptors (Lipinski definition) is 5. The third kappa shape index (κ3) is 6.66. The van der Waals surface area contributed by atoms with Crippen molar-refractivity contribution in [3.05, 3.63) is 108 Å². The molecule has 0 unspecified atom stereocenters. The van der Waals surface area contributed by atoms with E-state index < -0.39 is 0 Å². The van der Waals surface area contributed by atoms with Gasteiger partial charge in [0.2, 0.25) is 0 Å². The van der Waals surface area contributed by atoms with Crippen molar-refractivity contribution in [3.8, 4) is 27.0 Å². The van der Waals surface area contributed by atoms with Crippen LogP contribution in [0.4, 0.5) is 5.69 Å². The molecule has 0 fully saturated rings. The molecule has 0 aliphatic rings. The van der Waals surface area contributed by atoms with E-state index in [-0.39, 0.29) is 0 Å². The van der Waals surface area contributed by atoms with E-state index in [9.17, 15) is 0 Å². The highest BCUT2D eigenvalue weighted by molar-refractivity contribution is 7.18. The molecule has 5 heteroatoms. The molecular formula is C33H32N4S. The summed E-state index contributed by atoms with van der Waals surface area (Å²) in [7, 11) is 0. The van der Waals surface area contributed by atoms with Crippen LogP contribution in [0.2, 0.25) is 0 Å². The standard InChI is InChI=1S/C33H32N4S/c34-23-25-12-14-27(15-13-25)32-16-17-33(38-32)28-9-7-8-26(22-28)24-35-19-5-1-2-6-20-36-31-18-21-37-30-11-4-3-10-29(30)31/h3-4,7-18,21-22,35H,1-2,5-6,19-20,24H2,(H,36,37). The van der Waals surface area contributed by atoms with Gasteiger partial charge in [0.05, 0.1) is 17.1 Å². The molecule has 0 atom stereocenters. The maximum absolute atomic E-state index is 9.02. The first kappa shape index (κ1) is 25.7. The van der Waals surface area contributed by atoms with Crippen molar-refractivity contribution >= 4 is 27.9 Å². The van der Waals surface area contributed by atoms with Crippen LogP contribution < -0.4 is 10.6 Å². The molecule has 0 radical (unpaired) electrons. The summed E-state index contributed by atoms with van der Waals surface area (Å²) in [5, 5.41) is 17.4. The van der Waals surface area contributed by atoms with Gasteiger partial charge < -0.3 is 10.6 Å². The average Bonchev–Trinajstić information content (AvgIpc) is 3.47. The van der Waals surface area contributed by atoms with Crippen LogP contribution in [0.5, 0.6) is 0 Å². The normalized spacial score (nSPS) is 10.9. The molecule has 5 aromatic rings. The highest BCUT2D eigenvalue weighted by atomic mass is 32.1. The van der Waals surface area contributed by atoms with E-state index >= 15 is 0 Å². The second kappa shape index (κ2) is 13.0. The molecule has 4 nitrogen and oxygen atoms in total. The van der Waals surface area contributed by atoms with Gasteiger partial charge in [-0.1, -0.05) is 61.4 Å². The monoisotopic (exact) mass is 516 g/mol. The Hall–Kier alpha value is -3.98. The van der Waals surface area contributed by atoms with Crippen LogP contribution in [0.25, 0.3) is 31.8 Å². The lowest BCUT2D eigenvalue weighted by atomic mass is 10.1. The molecule has 190 valence electrons. The van der Waals surface area contributed by atoms with Gasteiger partial charge in [0.15, 0.2) is 0 Å². The van der Waals surface area contributed by atoms with Gasteiger partial charge in [-0.2, -0.15) is 5.26 Å². The molecule has 5 rings (SSSR count). The molecule has 0 aliphatic carbocycles. The number of nitrogens with zero attached hydrogens (tertiary/aromatic N) is 2. The van der Waals surface area contributed by atoms with Gasteiger partial charge in [0.25, 0.3) is 0 Å². The van der Waals surface area contributed by atoms with E-state index in [0.29, 0.717) is 5.56 Å². The maximum Gasteiger partial charge on any atom is 0.0991 e. The summed E-state index contributed by atoms with van der Waals surface area (Å²) in [5.74, 6) is 0. The second-order valence-electron chi connectivity index (χ2n) is 9.45. The molecule has 0 amide bonds. The number of anilines is 1. The van der Waals surface area contributed by atoms with Crippen LogP contribution in [0.1, 0.15) is 36.8 Å². The number of thiophene rings is 1. The lowest BCUT2D eigenvalue weighted by molar-refractivity contribution is 0.593. The number of rotatable bonds is 12. The third-order valence-corrected chi connectivity index (χ3v) is 7.87. The Labute approximate surface area is 229 Å². The van der Waals surface area contributed by atoms with Gasteiger partial charge in [-0.15, -0.1) is 11.3 Å². The van der Waals surface area contributed by atoms with Crippen LogP contribution in [0.3, 0.4) is 0 Å². The molecule has 0 bridgehead atoms. The van der Waals surface area contributed by atoms with E-state index in [1.807, 2.05) is 36.5 Å². The fraction of sp³-hybridized carbons (Fsp3) is 0.212. The summed E-state index contributed by atoms with van der Waals surface area (Å²) in [6.07, 6.45) is 6.70. The number of hydrogen-bond donors (Lipinski definition) is 2. The van der Waals surface area contributed by atoms with Crippen molar-refractivity contribution in [2.24, 2.45) is 0 Å². The van der Waals surface area contributed by atoms with Gasteiger partial charge >= 0.3 is 0 Å². The van der Waals surface area contributed by atoms with Crippen molar-refractivity contribution in [2.45, 2.75) is 32.2 Å². The van der Waals surface area contributed by atoms with E-state index in [4.69, 9.17) is 5.26 Å². The van der Waals surface area contributed by atoms with Gasteiger partial charge in [0, 0.05) is 40.1 Å². The van der Waals surface area contributed by atoms with Gasteiger partial charge in [-0.05, 0) is 78.5 Å². The molecule has 2 aromatic heterocycles. The average molecular weight is 517 g/mol. The minimum atomic E-state index is 0.692. The van der Waals surface area contributed by atoms with E-state index in [2.05, 4.69) is 82.4 Å². The van der Waals surface area contributed by atoms with Crippen molar-refractivity contribution in [1.29, 1.82) is 5.26 Å². The number of unbranched alkanes of at least 4 members (excludes halogenated alkanes) is 3. The number of para-hydroxylation sites is 1. The Bertz CT molecular complexity index is 1510. The lowest BCUT2D eigenvalue weighted by Gasteiger charge is -2.09. The zero-order valence-corrected chi connectivity index (χ0v) is 22.3. The summed E-state index contributed by atoms with van der Waals surface area (Å²) >= 11 is 1.79. The number of fused-ring (bicyclic) bond motifs is 1. The SMILES string of the molecule is N#Cc1ccc(-c2ccc(-c3cccc(CNCCCCCCNc4ccnc5ccccc45)c3)s2)cc1. The maximum atomic E-state index is 9.02. The van der Waals surface area contributed by atoms with Crippen LogP contribution >= 0.6 is 11.3 Å². The minimum absolute atomic E-state index is 0.692. The first-order valence-corrected chi connectivity index (χ1v) is 14.1. The van der Waals surface area contributed by atoms with Crippen LogP contribution in [-0.2, 0) is 6.54 Å². The molecule has 2 N–H and O–H groups in total. The molecule has 38 heavy (non-hydrogen) atoms. The number of nitrogens with one attached hydrogen (secondary N) is 2. The summed E-state index contributed by atoms with van der Waals surface area (Å²) in [6.45, 7) is 2.91. The molecule has 0 aliphatic heterocycles. The van der Waals surface area contributed by atoms with Crippen molar-refractivity contribution < 1.29 is 0 Å². The summed E-state index contributed by atoms with van der Waals surface area (Å²) in [4.78, 5) is 6.92. The number of aromatic nitrogens is 1. The predicted molar refractivity (Wildman–Crippen MR) is 160 cm³/mol.